The van der Waals surface area contributed by atoms with Crippen molar-refractivity contribution in [3.63, 3.8) is 0 Å². The van der Waals surface area contributed by atoms with E-state index in [9.17, 15) is 14.9 Å². The molecule has 0 unspecified atom stereocenters. The first-order valence-electron chi connectivity index (χ1n) is 6.58. The first-order chi connectivity index (χ1) is 9.47. The lowest BCUT2D eigenvalue weighted by molar-refractivity contribution is -0.385. The molecule has 6 heteroatoms. The summed E-state index contributed by atoms with van der Waals surface area (Å²) >= 11 is 0. The molecule has 0 bridgehead atoms. The van der Waals surface area contributed by atoms with Crippen molar-refractivity contribution in [3.8, 4) is 0 Å². The zero-order valence-electron chi connectivity index (χ0n) is 11.8. The monoisotopic (exact) mass is 280 g/mol. The van der Waals surface area contributed by atoms with Gasteiger partial charge in [0.05, 0.1) is 10.5 Å². The van der Waals surface area contributed by atoms with Crippen molar-refractivity contribution in [2.24, 2.45) is 0 Å². The number of aliphatic hydroxyl groups is 1. The van der Waals surface area contributed by atoms with Gasteiger partial charge in [0.1, 0.15) is 0 Å². The second-order valence-corrected chi connectivity index (χ2v) is 4.72. The average molecular weight is 280 g/mol. The molecule has 6 nitrogen and oxygen atoms in total. The lowest BCUT2D eigenvalue weighted by Crippen LogP contribution is -2.19. The van der Waals surface area contributed by atoms with Crippen LogP contribution in [0.25, 0.3) is 0 Å². The normalized spacial score (nSPS) is 10.3. The number of aliphatic hydroxyl groups excluding tert-OH is 1. The third kappa shape index (κ3) is 4.31. The molecule has 0 fully saturated rings. The fourth-order valence-electron chi connectivity index (χ4n) is 1.97. The van der Waals surface area contributed by atoms with Crippen LogP contribution in [0.5, 0.6) is 0 Å². The summed E-state index contributed by atoms with van der Waals surface area (Å²) in [6, 6.07) is 4.58. The molecule has 0 radical (unpaired) electrons. The van der Waals surface area contributed by atoms with E-state index in [1.54, 1.807) is 12.1 Å². The van der Waals surface area contributed by atoms with Crippen molar-refractivity contribution in [3.05, 3.63) is 33.9 Å². The Morgan fingerprint density at radius 3 is 2.60 bits per heavy atom. The molecule has 1 N–H and O–H groups in total. The first kappa shape index (κ1) is 16.1. The summed E-state index contributed by atoms with van der Waals surface area (Å²) in [4.78, 5) is 23.8. The summed E-state index contributed by atoms with van der Waals surface area (Å²) in [5, 5.41) is 19.6. The van der Waals surface area contributed by atoms with E-state index in [0.717, 1.165) is 31.5 Å². The molecule has 0 amide bonds. The molecule has 0 aromatic heterocycles. The zero-order valence-corrected chi connectivity index (χ0v) is 11.8. The van der Waals surface area contributed by atoms with Crippen molar-refractivity contribution >= 4 is 17.2 Å². The minimum absolute atomic E-state index is 0.134. The largest absolute Gasteiger partial charge is 0.396 e. The van der Waals surface area contributed by atoms with Crippen LogP contribution in [0.4, 0.5) is 11.4 Å². The van der Waals surface area contributed by atoms with Gasteiger partial charge in [-0.25, -0.2) is 0 Å². The number of Topliss-reactive ketones (excluding diaryl/α,β-unsaturated/α-hetero) is 1. The molecule has 1 aromatic rings. The first-order valence-corrected chi connectivity index (χ1v) is 6.58. The highest BCUT2D eigenvalue weighted by Crippen LogP contribution is 2.25. The number of hydrogen-bond acceptors (Lipinski definition) is 5. The van der Waals surface area contributed by atoms with Crippen LogP contribution in [0.15, 0.2) is 18.2 Å². The van der Waals surface area contributed by atoms with Crippen LogP contribution >= 0.6 is 0 Å². The van der Waals surface area contributed by atoms with E-state index in [-0.39, 0.29) is 23.6 Å². The summed E-state index contributed by atoms with van der Waals surface area (Å²) < 4.78 is 0. The number of anilines is 1. The van der Waals surface area contributed by atoms with Gasteiger partial charge in [0, 0.05) is 32.0 Å². The van der Waals surface area contributed by atoms with Crippen molar-refractivity contribution in [2.75, 3.05) is 25.1 Å². The third-order valence-corrected chi connectivity index (χ3v) is 3.15. The maximum atomic E-state index is 11.5. The van der Waals surface area contributed by atoms with Gasteiger partial charge in [-0.15, -0.1) is 0 Å². The second-order valence-electron chi connectivity index (χ2n) is 4.72. The summed E-state index contributed by atoms with van der Waals surface area (Å²) in [7, 11) is 1.88. The van der Waals surface area contributed by atoms with E-state index < -0.39 is 4.92 Å². The SMILES string of the molecule is CC(=O)c1cc(N(C)CCCCCO)ccc1[N+](=O)[O-]. The van der Waals surface area contributed by atoms with E-state index in [2.05, 4.69) is 0 Å². The minimum Gasteiger partial charge on any atom is -0.396 e. The molecule has 0 saturated heterocycles. The molecule has 110 valence electrons. The van der Waals surface area contributed by atoms with Gasteiger partial charge in [-0.2, -0.15) is 0 Å². The summed E-state index contributed by atoms with van der Waals surface area (Å²) in [6.07, 6.45) is 2.61. The predicted octanol–water partition coefficient (Wildman–Crippen LogP) is 2.40. The van der Waals surface area contributed by atoms with Gasteiger partial charge in [-0.05, 0) is 38.3 Å². The maximum absolute atomic E-state index is 11.5. The molecular formula is C14H20N2O4. The molecule has 0 spiro atoms. The summed E-state index contributed by atoms with van der Waals surface area (Å²) in [6.45, 7) is 2.29. The van der Waals surface area contributed by atoms with Gasteiger partial charge in [0.15, 0.2) is 5.78 Å². The predicted molar refractivity (Wildman–Crippen MR) is 77.3 cm³/mol. The van der Waals surface area contributed by atoms with Crippen LogP contribution in [0.2, 0.25) is 0 Å². The Kier molecular flexibility index (Phi) is 6.11. The lowest BCUT2D eigenvalue weighted by atomic mass is 10.1. The number of unbranched alkanes of at least 4 members (excludes halogenated alkanes) is 2. The smallest absolute Gasteiger partial charge is 0.280 e. The van der Waals surface area contributed by atoms with Crippen LogP contribution in [0.3, 0.4) is 0 Å². The Bertz CT molecular complexity index is 488. The Morgan fingerprint density at radius 2 is 2.05 bits per heavy atom. The van der Waals surface area contributed by atoms with E-state index >= 15 is 0 Å². The lowest BCUT2D eigenvalue weighted by Gasteiger charge is -2.19. The van der Waals surface area contributed by atoms with Gasteiger partial charge < -0.3 is 10.0 Å². The van der Waals surface area contributed by atoms with Crippen molar-refractivity contribution in [1.82, 2.24) is 0 Å². The van der Waals surface area contributed by atoms with E-state index in [1.807, 2.05) is 11.9 Å². The van der Waals surface area contributed by atoms with Gasteiger partial charge >= 0.3 is 0 Å². The van der Waals surface area contributed by atoms with E-state index in [4.69, 9.17) is 5.11 Å². The maximum Gasteiger partial charge on any atom is 0.280 e. The van der Waals surface area contributed by atoms with Gasteiger partial charge in [0.25, 0.3) is 5.69 Å². The Balaban J connectivity index is 2.83. The second kappa shape index (κ2) is 7.59. The fourth-order valence-corrected chi connectivity index (χ4v) is 1.97. The quantitative estimate of drug-likeness (QED) is 0.342. The molecule has 0 heterocycles. The molecular weight excluding hydrogens is 260 g/mol. The van der Waals surface area contributed by atoms with Gasteiger partial charge in [-0.3, -0.25) is 14.9 Å². The van der Waals surface area contributed by atoms with E-state index in [1.165, 1.54) is 13.0 Å². The van der Waals surface area contributed by atoms with Crippen molar-refractivity contribution in [1.29, 1.82) is 0 Å². The molecule has 0 aliphatic rings. The number of carbonyl (C=O) groups is 1. The Hall–Kier alpha value is -1.95. The zero-order chi connectivity index (χ0) is 15.1. The number of nitro benzene ring substituents is 1. The molecule has 0 aliphatic heterocycles. The van der Waals surface area contributed by atoms with Crippen LogP contribution in [-0.2, 0) is 0 Å². The van der Waals surface area contributed by atoms with Crippen molar-refractivity contribution < 1.29 is 14.8 Å². The highest BCUT2D eigenvalue weighted by atomic mass is 16.6. The van der Waals surface area contributed by atoms with Crippen LogP contribution < -0.4 is 4.90 Å². The number of hydrogen-bond donors (Lipinski definition) is 1. The van der Waals surface area contributed by atoms with E-state index in [0.29, 0.717) is 0 Å². The van der Waals surface area contributed by atoms with Crippen molar-refractivity contribution in [2.45, 2.75) is 26.2 Å². The van der Waals surface area contributed by atoms with Crippen LogP contribution in [-0.4, -0.2) is 36.0 Å². The Labute approximate surface area is 118 Å². The third-order valence-electron chi connectivity index (χ3n) is 3.15. The number of ketones is 1. The highest BCUT2D eigenvalue weighted by molar-refractivity contribution is 5.99. The van der Waals surface area contributed by atoms with Crippen LogP contribution in [0.1, 0.15) is 36.5 Å². The number of carbonyl (C=O) groups excluding carboxylic acids is 1. The molecule has 0 atom stereocenters. The molecule has 20 heavy (non-hydrogen) atoms. The fraction of sp³-hybridized carbons (Fsp3) is 0.500. The number of benzene rings is 1. The molecule has 1 rings (SSSR count). The molecule has 0 saturated carbocycles. The minimum atomic E-state index is -0.540. The highest BCUT2D eigenvalue weighted by Gasteiger charge is 2.18. The van der Waals surface area contributed by atoms with Gasteiger partial charge in [0.2, 0.25) is 0 Å². The number of rotatable bonds is 8. The van der Waals surface area contributed by atoms with Gasteiger partial charge in [-0.1, -0.05) is 0 Å². The topological polar surface area (TPSA) is 83.7 Å². The number of nitro groups is 1. The summed E-state index contributed by atoms with van der Waals surface area (Å²) in [5.41, 5.74) is 0.759. The number of nitrogens with zero attached hydrogens (tertiary/aromatic N) is 2. The Morgan fingerprint density at radius 1 is 1.35 bits per heavy atom. The van der Waals surface area contributed by atoms with Crippen LogP contribution in [0, 0.1) is 10.1 Å². The molecule has 0 aliphatic carbocycles. The standard InChI is InChI=1S/C14H20N2O4/c1-11(18)13-10-12(6-7-14(13)16(19)20)15(2)8-4-3-5-9-17/h6-7,10,17H,3-5,8-9H2,1-2H3. The molecule has 1 aromatic carbocycles. The summed E-state index contributed by atoms with van der Waals surface area (Å²) in [5.74, 6) is -0.313. The average Bonchev–Trinajstić information content (AvgIpc) is 2.42.